The van der Waals surface area contributed by atoms with Crippen molar-refractivity contribution in [2.24, 2.45) is 0 Å². The second-order valence-electron chi connectivity index (χ2n) is 7.87. The third kappa shape index (κ3) is 3.12. The van der Waals surface area contributed by atoms with Gasteiger partial charge in [-0.05, 0) is 51.6 Å². The Morgan fingerprint density at radius 1 is 0.964 bits per heavy atom. The Morgan fingerprint density at radius 3 is 2.43 bits per heavy atom. The van der Waals surface area contributed by atoms with E-state index in [1.165, 1.54) is 21.5 Å². The zero-order valence-electron chi connectivity index (χ0n) is 15.8. The molecule has 1 N–H and O–H groups in total. The highest BCUT2D eigenvalue weighted by molar-refractivity contribution is 6.08. The minimum atomic E-state index is -0.713. The van der Waals surface area contributed by atoms with E-state index in [0.29, 0.717) is 32.3 Å². The first-order valence-corrected chi connectivity index (χ1v) is 9.91. The molecule has 1 saturated carbocycles. The van der Waals surface area contributed by atoms with Crippen molar-refractivity contribution in [3.8, 4) is 0 Å². The molecular formula is C24H24O4. The smallest absolute Gasteiger partial charge is 0.201 e. The summed E-state index contributed by atoms with van der Waals surface area (Å²) in [4.78, 5) is 11.4. The molecule has 5 rings (SSSR count). The Labute approximate surface area is 164 Å². The van der Waals surface area contributed by atoms with Crippen LogP contribution in [-0.2, 0) is 14.5 Å². The van der Waals surface area contributed by atoms with Crippen LogP contribution < -0.4 is 0 Å². The highest BCUT2D eigenvalue weighted by Gasteiger charge is 2.43. The van der Waals surface area contributed by atoms with Crippen LogP contribution in [0.2, 0.25) is 0 Å². The Bertz CT molecular complexity index is 1020. The van der Waals surface area contributed by atoms with Gasteiger partial charge in [0.15, 0.2) is 0 Å². The average molecular weight is 376 g/mol. The van der Waals surface area contributed by atoms with Gasteiger partial charge in [0.1, 0.15) is 6.10 Å². The number of rotatable bonds is 2. The third-order valence-electron chi connectivity index (χ3n) is 6.04. The van der Waals surface area contributed by atoms with E-state index in [0.717, 1.165) is 11.1 Å². The second-order valence-corrected chi connectivity index (χ2v) is 7.87. The van der Waals surface area contributed by atoms with Gasteiger partial charge < -0.3 is 9.84 Å². The lowest BCUT2D eigenvalue weighted by atomic mass is 9.91. The van der Waals surface area contributed by atoms with Crippen molar-refractivity contribution in [2.45, 2.75) is 43.7 Å². The van der Waals surface area contributed by atoms with Crippen LogP contribution in [0.25, 0.3) is 27.1 Å². The molecule has 1 unspecified atom stereocenters. The molecule has 1 aliphatic heterocycles. The van der Waals surface area contributed by atoms with Crippen LogP contribution in [0, 0.1) is 0 Å². The molecule has 3 aromatic rings. The monoisotopic (exact) mass is 376 g/mol. The summed E-state index contributed by atoms with van der Waals surface area (Å²) in [5.74, 6) is -0.713. The summed E-state index contributed by atoms with van der Waals surface area (Å²) < 4.78 is 6.05. The second kappa shape index (κ2) is 6.98. The fraction of sp³-hybridized carbons (Fsp3) is 0.333. The first-order valence-electron chi connectivity index (χ1n) is 9.91. The van der Waals surface area contributed by atoms with Crippen molar-refractivity contribution < 1.29 is 19.6 Å². The SMILES string of the molecule is C=C(c1ccc2ccc3ccccc3c2c1)C1COC2(CCC(O)CC2)OO1. The lowest BCUT2D eigenvalue weighted by molar-refractivity contribution is -0.484. The highest BCUT2D eigenvalue weighted by atomic mass is 17.2. The summed E-state index contributed by atoms with van der Waals surface area (Å²) in [7, 11) is 0. The van der Waals surface area contributed by atoms with Crippen LogP contribution in [0.1, 0.15) is 31.2 Å². The Morgan fingerprint density at radius 2 is 1.68 bits per heavy atom. The predicted molar refractivity (Wildman–Crippen MR) is 110 cm³/mol. The van der Waals surface area contributed by atoms with E-state index < -0.39 is 5.79 Å². The fourth-order valence-corrected chi connectivity index (χ4v) is 4.24. The summed E-state index contributed by atoms with van der Waals surface area (Å²) in [6, 6.07) is 19.1. The number of hydrogen-bond donors (Lipinski definition) is 1. The standard InChI is InChI=1S/C24H24O4/c1-16(23-15-26-24(28-27-23)12-10-20(25)11-13-24)19-9-8-18-7-6-17-4-2-3-5-21(17)22(18)14-19/h2-9,14,20,23,25H,1,10-13,15H2. The van der Waals surface area contributed by atoms with Gasteiger partial charge in [0, 0.05) is 12.8 Å². The predicted octanol–water partition coefficient (Wildman–Crippen LogP) is 4.98. The number of ether oxygens (including phenoxy) is 1. The average Bonchev–Trinajstić information content (AvgIpc) is 2.75. The normalized spacial score (nSPS) is 28.0. The van der Waals surface area contributed by atoms with Gasteiger partial charge in [-0.3, -0.25) is 0 Å². The first kappa shape index (κ1) is 17.8. The van der Waals surface area contributed by atoms with Crippen molar-refractivity contribution >= 4 is 27.1 Å². The molecule has 1 atom stereocenters. The minimum Gasteiger partial charge on any atom is -0.393 e. The van der Waals surface area contributed by atoms with Gasteiger partial charge in [-0.25, -0.2) is 9.78 Å². The quantitative estimate of drug-likeness (QED) is 0.506. The van der Waals surface area contributed by atoms with Crippen LogP contribution in [-0.4, -0.2) is 29.7 Å². The van der Waals surface area contributed by atoms with Crippen molar-refractivity contribution in [3.05, 3.63) is 66.7 Å². The van der Waals surface area contributed by atoms with Crippen molar-refractivity contribution in [2.75, 3.05) is 6.61 Å². The van der Waals surface area contributed by atoms with Crippen molar-refractivity contribution in [3.63, 3.8) is 0 Å². The van der Waals surface area contributed by atoms with E-state index in [1.807, 2.05) is 0 Å². The van der Waals surface area contributed by atoms with E-state index >= 15 is 0 Å². The summed E-state index contributed by atoms with van der Waals surface area (Å²) in [5.41, 5.74) is 1.87. The number of benzene rings is 3. The molecule has 4 nitrogen and oxygen atoms in total. The zero-order valence-corrected chi connectivity index (χ0v) is 15.8. The van der Waals surface area contributed by atoms with Crippen molar-refractivity contribution in [1.29, 1.82) is 0 Å². The molecule has 1 saturated heterocycles. The molecule has 1 heterocycles. The Hall–Kier alpha value is -2.24. The molecular weight excluding hydrogens is 352 g/mol. The topological polar surface area (TPSA) is 47.9 Å². The number of hydrogen-bond acceptors (Lipinski definition) is 4. The number of aliphatic hydroxyl groups is 1. The van der Waals surface area contributed by atoms with Gasteiger partial charge in [-0.1, -0.05) is 55.1 Å². The zero-order chi connectivity index (χ0) is 19.1. The van der Waals surface area contributed by atoms with Gasteiger partial charge in [0.05, 0.1) is 12.7 Å². The highest BCUT2D eigenvalue weighted by Crippen LogP contribution is 2.38. The van der Waals surface area contributed by atoms with Crippen LogP contribution in [0.3, 0.4) is 0 Å². The van der Waals surface area contributed by atoms with Crippen LogP contribution >= 0.6 is 0 Å². The van der Waals surface area contributed by atoms with Crippen molar-refractivity contribution in [1.82, 2.24) is 0 Å². The maximum absolute atomic E-state index is 9.71. The molecule has 2 aliphatic rings. The summed E-state index contributed by atoms with van der Waals surface area (Å²) in [5, 5.41) is 14.6. The molecule has 0 radical (unpaired) electrons. The molecule has 4 heteroatoms. The van der Waals surface area contributed by atoms with E-state index in [1.54, 1.807) is 0 Å². The maximum atomic E-state index is 9.71. The van der Waals surface area contributed by atoms with Crippen LogP contribution in [0.4, 0.5) is 0 Å². The lowest BCUT2D eigenvalue weighted by Crippen LogP contribution is -2.48. The van der Waals surface area contributed by atoms with Gasteiger partial charge in [0.25, 0.3) is 0 Å². The molecule has 1 spiro atoms. The first-order chi connectivity index (χ1) is 13.6. The molecule has 28 heavy (non-hydrogen) atoms. The summed E-state index contributed by atoms with van der Waals surface area (Å²) in [6.45, 7) is 4.66. The van der Waals surface area contributed by atoms with Crippen LogP contribution in [0.5, 0.6) is 0 Å². The van der Waals surface area contributed by atoms with E-state index in [9.17, 15) is 5.11 Å². The molecule has 0 amide bonds. The van der Waals surface area contributed by atoms with E-state index in [-0.39, 0.29) is 12.2 Å². The van der Waals surface area contributed by atoms with Crippen LogP contribution in [0.15, 0.2) is 61.2 Å². The maximum Gasteiger partial charge on any atom is 0.201 e. The molecule has 1 aliphatic carbocycles. The lowest BCUT2D eigenvalue weighted by Gasteiger charge is -2.42. The van der Waals surface area contributed by atoms with Gasteiger partial charge in [-0.15, -0.1) is 0 Å². The van der Waals surface area contributed by atoms with E-state index in [4.69, 9.17) is 14.5 Å². The minimum absolute atomic E-state index is 0.266. The molecule has 3 aromatic carbocycles. The molecule has 0 aromatic heterocycles. The summed E-state index contributed by atoms with van der Waals surface area (Å²) in [6.07, 6.45) is 2.03. The number of aliphatic hydroxyl groups excluding tert-OH is 1. The summed E-state index contributed by atoms with van der Waals surface area (Å²) >= 11 is 0. The van der Waals surface area contributed by atoms with Gasteiger partial charge in [-0.2, -0.15) is 0 Å². The Kier molecular flexibility index (Phi) is 4.44. The fourth-order valence-electron chi connectivity index (χ4n) is 4.24. The van der Waals surface area contributed by atoms with Gasteiger partial charge in [0.2, 0.25) is 5.79 Å². The van der Waals surface area contributed by atoms with E-state index in [2.05, 4.69) is 61.2 Å². The molecule has 144 valence electrons. The molecule has 0 bridgehead atoms. The Balaban J connectivity index is 1.38. The largest absolute Gasteiger partial charge is 0.393 e. The number of fused-ring (bicyclic) bond motifs is 3. The third-order valence-corrected chi connectivity index (χ3v) is 6.04. The van der Waals surface area contributed by atoms with Gasteiger partial charge >= 0.3 is 0 Å². The molecule has 2 fully saturated rings.